The number of carboxylic acid groups (broad SMARTS) is 1. The molecule has 7 nitrogen and oxygen atoms in total. The number of rotatable bonds is 8. The molecule has 4 aromatic rings. The standard InChI is InChI=1S/C32H29F6N3O4/c1-45-25-11-10-19-6-4-14-39-27(19)26(25)23-9-3-7-21-20(5-2-8-22(21)23)17-24(28(42)43)40-29(44)30(32(36,37)38)12-15-41(16-13-30)18-31(33,34)35/h2-11,14,24H,12-13,15-18H2,1H3,(H,40,44)(H,42,43)/t24-/m0/s1. The summed E-state index contributed by atoms with van der Waals surface area (Å²) in [5.74, 6) is -2.57. The van der Waals surface area contributed by atoms with Crippen molar-refractivity contribution in [3.8, 4) is 16.9 Å². The number of ether oxygens (including phenoxy) is 1. The van der Waals surface area contributed by atoms with Crippen molar-refractivity contribution in [1.82, 2.24) is 15.2 Å². The molecule has 0 radical (unpaired) electrons. The van der Waals surface area contributed by atoms with Gasteiger partial charge in [0.05, 0.1) is 24.7 Å². The van der Waals surface area contributed by atoms with E-state index >= 15 is 0 Å². The number of carbonyl (C=O) groups is 2. The van der Waals surface area contributed by atoms with Gasteiger partial charge in [0.25, 0.3) is 0 Å². The third-order valence-corrected chi connectivity index (χ3v) is 8.36. The molecule has 2 heterocycles. The highest BCUT2D eigenvalue weighted by molar-refractivity contribution is 6.07. The second-order valence-corrected chi connectivity index (χ2v) is 11.1. The lowest BCUT2D eigenvalue weighted by Crippen LogP contribution is -2.59. The monoisotopic (exact) mass is 633 g/mol. The summed E-state index contributed by atoms with van der Waals surface area (Å²) < 4.78 is 87.0. The van der Waals surface area contributed by atoms with Gasteiger partial charge in [0, 0.05) is 18.0 Å². The van der Waals surface area contributed by atoms with Gasteiger partial charge in [0.15, 0.2) is 0 Å². The Balaban J connectivity index is 1.47. The fourth-order valence-corrected chi connectivity index (χ4v) is 6.03. The molecule has 3 aromatic carbocycles. The second-order valence-electron chi connectivity index (χ2n) is 11.1. The van der Waals surface area contributed by atoms with E-state index in [2.05, 4.69) is 10.3 Å². The van der Waals surface area contributed by atoms with E-state index in [-0.39, 0.29) is 6.42 Å². The number of hydrogen-bond donors (Lipinski definition) is 2. The molecule has 13 heteroatoms. The Bertz CT molecular complexity index is 1730. The quantitative estimate of drug-likeness (QED) is 0.219. The Hall–Kier alpha value is -4.39. The molecular weight excluding hydrogens is 604 g/mol. The summed E-state index contributed by atoms with van der Waals surface area (Å²) >= 11 is 0. The molecule has 0 saturated carbocycles. The number of carboxylic acids is 1. The number of carbonyl (C=O) groups excluding carboxylic acids is 1. The minimum absolute atomic E-state index is 0.346. The summed E-state index contributed by atoms with van der Waals surface area (Å²) in [5.41, 5.74) is -0.468. The van der Waals surface area contributed by atoms with Crippen LogP contribution >= 0.6 is 0 Å². The van der Waals surface area contributed by atoms with E-state index in [0.29, 0.717) is 33.2 Å². The second kappa shape index (κ2) is 12.2. The molecule has 238 valence electrons. The minimum Gasteiger partial charge on any atom is -0.496 e. The highest BCUT2D eigenvalue weighted by Crippen LogP contribution is 2.47. The largest absolute Gasteiger partial charge is 0.496 e. The van der Waals surface area contributed by atoms with Gasteiger partial charge in [0.2, 0.25) is 5.91 Å². The number of nitrogens with zero attached hydrogens (tertiary/aromatic N) is 2. The summed E-state index contributed by atoms with van der Waals surface area (Å²) in [6.45, 7) is -2.64. The van der Waals surface area contributed by atoms with Crippen LogP contribution in [-0.4, -0.2) is 72.0 Å². The van der Waals surface area contributed by atoms with E-state index in [1.807, 2.05) is 30.3 Å². The smallest absolute Gasteiger partial charge is 0.403 e. The Labute approximate surface area is 253 Å². The number of nitrogens with one attached hydrogen (secondary N) is 1. The highest BCUT2D eigenvalue weighted by Gasteiger charge is 2.61. The molecule has 5 rings (SSSR count). The number of aromatic nitrogens is 1. The van der Waals surface area contributed by atoms with E-state index in [4.69, 9.17) is 4.74 Å². The van der Waals surface area contributed by atoms with Gasteiger partial charge in [-0.25, -0.2) is 4.79 Å². The van der Waals surface area contributed by atoms with Crippen LogP contribution in [0.1, 0.15) is 18.4 Å². The van der Waals surface area contributed by atoms with Crippen molar-refractivity contribution in [3.63, 3.8) is 0 Å². The van der Waals surface area contributed by atoms with E-state index in [9.17, 15) is 41.0 Å². The Kier molecular flexibility index (Phi) is 8.67. The van der Waals surface area contributed by atoms with Gasteiger partial charge >= 0.3 is 18.3 Å². The van der Waals surface area contributed by atoms with E-state index in [1.54, 1.807) is 36.5 Å². The van der Waals surface area contributed by atoms with Crippen LogP contribution in [0.2, 0.25) is 0 Å². The van der Waals surface area contributed by atoms with Crippen molar-refractivity contribution in [1.29, 1.82) is 0 Å². The number of benzene rings is 3. The Morgan fingerprint density at radius 2 is 1.67 bits per heavy atom. The molecule has 0 spiro atoms. The zero-order valence-electron chi connectivity index (χ0n) is 24.0. The van der Waals surface area contributed by atoms with Gasteiger partial charge in [-0.15, -0.1) is 0 Å². The number of aliphatic carboxylic acids is 1. The van der Waals surface area contributed by atoms with Gasteiger partial charge in [0.1, 0.15) is 17.2 Å². The van der Waals surface area contributed by atoms with Crippen LogP contribution in [0.15, 0.2) is 66.9 Å². The van der Waals surface area contributed by atoms with Crippen molar-refractivity contribution < 1.29 is 45.8 Å². The topological polar surface area (TPSA) is 91.8 Å². The number of alkyl halides is 6. The van der Waals surface area contributed by atoms with Crippen LogP contribution < -0.4 is 10.1 Å². The van der Waals surface area contributed by atoms with Crippen molar-refractivity contribution in [2.45, 2.75) is 37.7 Å². The van der Waals surface area contributed by atoms with E-state index < -0.39 is 68.2 Å². The SMILES string of the molecule is COc1ccc2cccnc2c1-c1cccc2c(C[C@H](NC(=O)C3(C(F)(F)F)CCN(CC(F)(F)F)CC3)C(=O)O)cccc12. The number of halogens is 6. The van der Waals surface area contributed by atoms with Gasteiger partial charge in [-0.2, -0.15) is 26.3 Å². The Morgan fingerprint density at radius 3 is 2.31 bits per heavy atom. The predicted molar refractivity (Wildman–Crippen MR) is 155 cm³/mol. The van der Waals surface area contributed by atoms with Crippen LogP contribution in [0.3, 0.4) is 0 Å². The van der Waals surface area contributed by atoms with Gasteiger partial charge in [-0.1, -0.05) is 42.5 Å². The lowest BCUT2D eigenvalue weighted by molar-refractivity contribution is -0.236. The van der Waals surface area contributed by atoms with Crippen LogP contribution in [0.5, 0.6) is 5.75 Å². The number of hydrogen-bond acceptors (Lipinski definition) is 5. The van der Waals surface area contributed by atoms with E-state index in [1.165, 1.54) is 7.11 Å². The summed E-state index contributed by atoms with van der Waals surface area (Å²) in [6.07, 6.45) is -10.3. The number of piperidine rings is 1. The zero-order valence-corrected chi connectivity index (χ0v) is 24.0. The highest BCUT2D eigenvalue weighted by atomic mass is 19.4. The number of pyridine rings is 1. The summed E-state index contributed by atoms with van der Waals surface area (Å²) in [6, 6.07) is 16.1. The lowest BCUT2D eigenvalue weighted by atomic mass is 9.76. The summed E-state index contributed by atoms with van der Waals surface area (Å²) in [7, 11) is 1.53. The molecule has 45 heavy (non-hydrogen) atoms. The molecule has 1 aromatic heterocycles. The first-order chi connectivity index (χ1) is 21.2. The third kappa shape index (κ3) is 6.39. The summed E-state index contributed by atoms with van der Waals surface area (Å²) in [5, 5.41) is 14.2. The lowest BCUT2D eigenvalue weighted by Gasteiger charge is -2.42. The fraction of sp³-hybridized carbons (Fsp3) is 0.344. The molecule has 0 unspecified atom stereocenters. The Morgan fingerprint density at radius 1 is 0.978 bits per heavy atom. The normalized spacial score (nSPS) is 16.4. The molecule has 0 bridgehead atoms. The molecule has 1 fully saturated rings. The first-order valence-electron chi connectivity index (χ1n) is 14.1. The summed E-state index contributed by atoms with van der Waals surface area (Å²) in [4.78, 5) is 30.8. The maximum atomic E-state index is 14.3. The van der Waals surface area contributed by atoms with Gasteiger partial charge in [-0.05, 0) is 66.0 Å². The molecule has 1 amide bonds. The molecule has 1 atom stereocenters. The number of methoxy groups -OCH3 is 1. The van der Waals surface area contributed by atoms with Crippen molar-refractivity contribution in [2.75, 3.05) is 26.7 Å². The van der Waals surface area contributed by atoms with Crippen molar-refractivity contribution in [3.05, 3.63) is 72.4 Å². The van der Waals surface area contributed by atoms with Gasteiger partial charge in [-0.3, -0.25) is 14.7 Å². The first-order valence-corrected chi connectivity index (χ1v) is 14.1. The maximum absolute atomic E-state index is 14.3. The van der Waals surface area contributed by atoms with Crippen LogP contribution in [0.4, 0.5) is 26.3 Å². The van der Waals surface area contributed by atoms with Crippen molar-refractivity contribution >= 4 is 33.6 Å². The molecule has 1 aliphatic heterocycles. The number of amides is 1. The average Bonchev–Trinajstić information content (AvgIpc) is 2.99. The molecule has 1 saturated heterocycles. The van der Waals surface area contributed by atoms with Crippen molar-refractivity contribution in [2.24, 2.45) is 5.41 Å². The first kappa shape index (κ1) is 32.0. The van der Waals surface area contributed by atoms with Crippen LogP contribution in [0.25, 0.3) is 32.8 Å². The van der Waals surface area contributed by atoms with Crippen LogP contribution in [0, 0.1) is 5.41 Å². The fourth-order valence-electron chi connectivity index (χ4n) is 6.03. The maximum Gasteiger partial charge on any atom is 0.403 e. The predicted octanol–water partition coefficient (Wildman–Crippen LogP) is 6.38. The minimum atomic E-state index is -5.11. The number of fused-ring (bicyclic) bond motifs is 2. The molecule has 2 N–H and O–H groups in total. The average molecular weight is 634 g/mol. The van der Waals surface area contributed by atoms with Gasteiger partial charge < -0.3 is 15.2 Å². The number of likely N-dealkylation sites (tertiary alicyclic amines) is 1. The molecule has 1 aliphatic rings. The van der Waals surface area contributed by atoms with Crippen LogP contribution in [-0.2, 0) is 16.0 Å². The zero-order chi connectivity index (χ0) is 32.6. The third-order valence-electron chi connectivity index (χ3n) is 8.36. The van der Waals surface area contributed by atoms with E-state index in [0.717, 1.165) is 15.8 Å². The molecule has 0 aliphatic carbocycles. The molecular formula is C32H29F6N3O4.